The number of hydrogen-bond acceptors (Lipinski definition) is 5. The van der Waals surface area contributed by atoms with Gasteiger partial charge in [0.2, 0.25) is 11.8 Å². The van der Waals surface area contributed by atoms with Crippen molar-refractivity contribution >= 4 is 23.6 Å². The number of piperazine rings is 1. The molecule has 7 nitrogen and oxygen atoms in total. The summed E-state index contributed by atoms with van der Waals surface area (Å²) in [6.07, 6.45) is 1.24. The molecule has 35 heavy (non-hydrogen) atoms. The normalized spacial score (nSPS) is 15.9. The quantitative estimate of drug-likeness (QED) is 0.359. The van der Waals surface area contributed by atoms with Crippen LogP contribution in [-0.4, -0.2) is 67.8 Å². The van der Waals surface area contributed by atoms with Crippen LogP contribution in [0.1, 0.15) is 37.8 Å². The van der Waals surface area contributed by atoms with Crippen LogP contribution in [0.4, 0.5) is 0 Å². The van der Waals surface area contributed by atoms with Gasteiger partial charge in [0.1, 0.15) is 0 Å². The Labute approximate surface area is 211 Å². The molecule has 1 atom stereocenters. The molecule has 8 heteroatoms. The summed E-state index contributed by atoms with van der Waals surface area (Å²) in [7, 11) is 0. The van der Waals surface area contributed by atoms with E-state index in [0.717, 1.165) is 40.0 Å². The molecular formula is C27H33N5O2S. The molecule has 3 aromatic rings. The van der Waals surface area contributed by atoms with Crippen LogP contribution in [0, 0.1) is 13.8 Å². The van der Waals surface area contributed by atoms with E-state index in [1.165, 1.54) is 5.56 Å². The highest BCUT2D eigenvalue weighted by Gasteiger charge is 2.27. The molecule has 184 valence electrons. The second-order valence-corrected chi connectivity index (χ2v) is 10.2. The number of thioether (sulfide) groups is 1. The molecule has 1 fully saturated rings. The minimum Gasteiger partial charge on any atom is -0.339 e. The highest BCUT2D eigenvalue weighted by Crippen LogP contribution is 2.30. The van der Waals surface area contributed by atoms with Crippen LogP contribution >= 0.6 is 11.8 Å². The maximum Gasteiger partial charge on any atom is 0.222 e. The molecule has 4 rings (SSSR count). The lowest BCUT2D eigenvalue weighted by Crippen LogP contribution is -2.54. The topological polar surface area (TPSA) is 71.3 Å². The van der Waals surface area contributed by atoms with Gasteiger partial charge >= 0.3 is 0 Å². The molecule has 0 spiro atoms. The Hall–Kier alpha value is -3.13. The van der Waals surface area contributed by atoms with E-state index in [4.69, 9.17) is 0 Å². The van der Waals surface area contributed by atoms with E-state index in [0.29, 0.717) is 26.1 Å². The van der Waals surface area contributed by atoms with Gasteiger partial charge in [-0.2, -0.15) is 0 Å². The van der Waals surface area contributed by atoms with Crippen molar-refractivity contribution in [3.05, 3.63) is 59.7 Å². The fraction of sp³-hybridized carbons (Fsp3) is 0.407. The second kappa shape index (κ2) is 11.1. The average Bonchev–Trinajstić information content (AvgIpc) is 3.25. The molecule has 0 N–H and O–H groups in total. The van der Waals surface area contributed by atoms with Gasteiger partial charge in [-0.3, -0.25) is 14.2 Å². The molecule has 1 aliphatic heterocycles. The third-order valence-electron chi connectivity index (χ3n) is 6.45. The highest BCUT2D eigenvalue weighted by atomic mass is 32.2. The maximum absolute atomic E-state index is 12.8. The minimum absolute atomic E-state index is 0.0624. The van der Waals surface area contributed by atoms with Crippen molar-refractivity contribution in [1.82, 2.24) is 24.6 Å². The number of rotatable bonds is 7. The van der Waals surface area contributed by atoms with Gasteiger partial charge < -0.3 is 9.80 Å². The van der Waals surface area contributed by atoms with Gasteiger partial charge in [-0.1, -0.05) is 59.8 Å². The summed E-state index contributed by atoms with van der Waals surface area (Å²) >= 11 is 1.63. The summed E-state index contributed by atoms with van der Waals surface area (Å²) in [6, 6.07) is 16.6. The summed E-state index contributed by atoms with van der Waals surface area (Å²) in [5, 5.41) is 9.88. The Bertz CT molecular complexity index is 1190. The van der Waals surface area contributed by atoms with Crippen molar-refractivity contribution in [2.24, 2.45) is 0 Å². The number of carbonyl (C=O) groups is 2. The van der Waals surface area contributed by atoms with E-state index in [1.807, 2.05) is 28.9 Å². The molecule has 1 saturated heterocycles. The van der Waals surface area contributed by atoms with Crippen LogP contribution in [0.15, 0.2) is 53.7 Å². The van der Waals surface area contributed by atoms with E-state index >= 15 is 0 Å². The van der Waals surface area contributed by atoms with Gasteiger partial charge in [-0.25, -0.2) is 0 Å². The van der Waals surface area contributed by atoms with E-state index in [-0.39, 0.29) is 17.9 Å². The Morgan fingerprint density at radius 3 is 2.46 bits per heavy atom. The number of aromatic nitrogens is 3. The highest BCUT2D eigenvalue weighted by molar-refractivity contribution is 7.99. The predicted molar refractivity (Wildman–Crippen MR) is 140 cm³/mol. The molecule has 0 saturated carbocycles. The first-order valence-electron chi connectivity index (χ1n) is 12.1. The molecule has 0 aliphatic carbocycles. The summed E-state index contributed by atoms with van der Waals surface area (Å²) in [6.45, 7) is 9.57. The maximum atomic E-state index is 12.8. The van der Waals surface area contributed by atoms with Crippen LogP contribution in [0.5, 0.6) is 0 Å². The van der Waals surface area contributed by atoms with Gasteiger partial charge in [-0.15, -0.1) is 10.2 Å². The van der Waals surface area contributed by atoms with Crippen LogP contribution in [0.3, 0.4) is 0 Å². The first-order valence-corrected chi connectivity index (χ1v) is 13.1. The first kappa shape index (κ1) is 25.0. The van der Waals surface area contributed by atoms with Crippen LogP contribution in [0.2, 0.25) is 0 Å². The third kappa shape index (κ3) is 5.75. The van der Waals surface area contributed by atoms with Crippen molar-refractivity contribution in [3.8, 4) is 17.1 Å². The molecule has 2 heterocycles. The van der Waals surface area contributed by atoms with Crippen molar-refractivity contribution in [2.75, 3.05) is 25.4 Å². The zero-order valence-corrected chi connectivity index (χ0v) is 21.7. The zero-order valence-electron chi connectivity index (χ0n) is 20.9. The third-order valence-corrected chi connectivity index (χ3v) is 7.47. The largest absolute Gasteiger partial charge is 0.339 e. The number of carbonyl (C=O) groups excluding carboxylic acids is 2. The van der Waals surface area contributed by atoms with E-state index in [9.17, 15) is 9.59 Å². The monoisotopic (exact) mass is 491 g/mol. The Morgan fingerprint density at radius 1 is 1.03 bits per heavy atom. The molecule has 1 aromatic heterocycles. The van der Waals surface area contributed by atoms with Gasteiger partial charge in [0.15, 0.2) is 11.0 Å². The number of amides is 2. The number of aryl methyl sites for hydroxylation is 2. The zero-order chi connectivity index (χ0) is 24.9. The van der Waals surface area contributed by atoms with Crippen molar-refractivity contribution < 1.29 is 9.59 Å². The standard InChI is InChI=1S/C27H33N5O2S/c1-19-11-13-23(14-12-19)26-28-29-27(32(26)24-9-6-5-8-20(24)2)35-17-7-10-25(34)30-15-16-31(22(4)33)21(3)18-30/h5-6,8-9,11-14,21H,7,10,15-18H2,1-4H3. The summed E-state index contributed by atoms with van der Waals surface area (Å²) in [5.41, 5.74) is 4.43. The Morgan fingerprint density at radius 2 is 1.77 bits per heavy atom. The fourth-order valence-corrected chi connectivity index (χ4v) is 5.37. The van der Waals surface area contributed by atoms with Gasteiger partial charge in [0, 0.05) is 50.3 Å². The number of benzene rings is 2. The molecule has 1 aliphatic rings. The van der Waals surface area contributed by atoms with Crippen molar-refractivity contribution in [1.29, 1.82) is 0 Å². The first-order chi connectivity index (χ1) is 16.8. The van der Waals surface area contributed by atoms with Gasteiger partial charge in [0.25, 0.3) is 0 Å². The lowest BCUT2D eigenvalue weighted by Gasteiger charge is -2.39. The van der Waals surface area contributed by atoms with Crippen LogP contribution < -0.4 is 0 Å². The summed E-state index contributed by atoms with van der Waals surface area (Å²) < 4.78 is 2.12. The van der Waals surface area contributed by atoms with E-state index in [1.54, 1.807) is 18.7 Å². The smallest absolute Gasteiger partial charge is 0.222 e. The van der Waals surface area contributed by atoms with Crippen molar-refractivity contribution in [2.45, 2.75) is 51.7 Å². The summed E-state index contributed by atoms with van der Waals surface area (Å²) in [4.78, 5) is 28.2. The van der Waals surface area contributed by atoms with Gasteiger partial charge in [0.05, 0.1) is 5.69 Å². The van der Waals surface area contributed by atoms with E-state index < -0.39 is 0 Å². The van der Waals surface area contributed by atoms with Crippen LogP contribution in [0.25, 0.3) is 17.1 Å². The fourth-order valence-electron chi connectivity index (χ4n) is 4.48. The molecule has 2 aromatic carbocycles. The van der Waals surface area contributed by atoms with Gasteiger partial charge in [-0.05, 0) is 38.8 Å². The Kier molecular flexibility index (Phi) is 7.90. The minimum atomic E-state index is 0.0624. The molecule has 2 amide bonds. The molecule has 0 radical (unpaired) electrons. The molecular weight excluding hydrogens is 458 g/mol. The number of hydrogen-bond donors (Lipinski definition) is 0. The summed E-state index contributed by atoms with van der Waals surface area (Å²) in [5.74, 6) is 1.81. The Balaban J connectivity index is 1.42. The number of nitrogens with zero attached hydrogens (tertiary/aromatic N) is 5. The number of para-hydroxylation sites is 1. The molecule has 1 unspecified atom stereocenters. The van der Waals surface area contributed by atoms with E-state index in [2.05, 4.69) is 65.0 Å². The second-order valence-electron chi connectivity index (χ2n) is 9.15. The predicted octanol–water partition coefficient (Wildman–Crippen LogP) is 4.50. The van der Waals surface area contributed by atoms with Crippen molar-refractivity contribution in [3.63, 3.8) is 0 Å². The average molecular weight is 492 g/mol. The lowest BCUT2D eigenvalue weighted by molar-refractivity contribution is -0.141. The van der Waals surface area contributed by atoms with Crippen LogP contribution in [-0.2, 0) is 9.59 Å². The SMILES string of the molecule is CC(=O)N1CCN(C(=O)CCCSc2nnc(-c3ccc(C)cc3)n2-c2ccccc2C)CC1C. The molecule has 0 bridgehead atoms. The lowest BCUT2D eigenvalue weighted by atomic mass is 10.1.